The third kappa shape index (κ3) is 1.55. The quantitative estimate of drug-likeness (QED) is 0.578. The van der Waals surface area contributed by atoms with E-state index in [4.69, 9.17) is 5.11 Å². The van der Waals surface area contributed by atoms with Gasteiger partial charge in [-0.1, -0.05) is 0 Å². The van der Waals surface area contributed by atoms with Gasteiger partial charge in [-0.3, -0.25) is 4.79 Å². The van der Waals surface area contributed by atoms with Crippen LogP contribution in [0, 0.1) is 11.8 Å². The van der Waals surface area contributed by atoms with Crippen molar-refractivity contribution in [1.82, 2.24) is 19.9 Å². The fraction of sp³-hybridized carbons (Fsp3) is 0.545. The molecule has 3 atom stereocenters. The topological polar surface area (TPSA) is 115 Å². The molecule has 96 valence electrons. The molecule has 0 aliphatic heterocycles. The first-order valence-corrected chi connectivity index (χ1v) is 5.89. The van der Waals surface area contributed by atoms with Gasteiger partial charge in [-0.25, -0.2) is 9.97 Å². The van der Waals surface area contributed by atoms with Gasteiger partial charge in [0.2, 0.25) is 0 Å². The molecule has 3 rings (SSSR count). The number of aromatic amines is 2. The van der Waals surface area contributed by atoms with Gasteiger partial charge in [0.1, 0.15) is 5.82 Å². The fourth-order valence-corrected chi connectivity index (χ4v) is 2.64. The minimum Gasteiger partial charge on any atom is -0.396 e. The Morgan fingerprint density at radius 1 is 1.39 bits per heavy atom. The summed E-state index contributed by atoms with van der Waals surface area (Å²) < 4.78 is 0. The molecule has 7 nitrogen and oxygen atoms in total. The van der Waals surface area contributed by atoms with Gasteiger partial charge in [-0.2, -0.15) is 0 Å². The van der Waals surface area contributed by atoms with Gasteiger partial charge in [0, 0.05) is 19.1 Å². The molecule has 1 aliphatic carbocycles. The summed E-state index contributed by atoms with van der Waals surface area (Å²) in [5.74, 6) is 0.827. The van der Waals surface area contributed by atoms with Crippen molar-refractivity contribution < 1.29 is 10.2 Å². The van der Waals surface area contributed by atoms with Crippen molar-refractivity contribution in [2.75, 3.05) is 13.2 Å². The molecular weight excluding hydrogens is 236 g/mol. The fourth-order valence-electron chi connectivity index (χ4n) is 2.64. The minimum atomic E-state index is -0.252. The highest BCUT2D eigenvalue weighted by Gasteiger charge is 2.42. The number of aliphatic hydroxyl groups is 2. The van der Waals surface area contributed by atoms with E-state index in [-0.39, 0.29) is 36.5 Å². The third-order valence-electron chi connectivity index (χ3n) is 3.79. The van der Waals surface area contributed by atoms with Gasteiger partial charge in [0.25, 0.3) is 5.56 Å². The van der Waals surface area contributed by atoms with Gasteiger partial charge in [-0.15, -0.1) is 0 Å². The molecular formula is C11H14N4O3. The lowest BCUT2D eigenvalue weighted by Crippen LogP contribution is -2.40. The lowest BCUT2D eigenvalue weighted by atomic mass is 9.65. The summed E-state index contributed by atoms with van der Waals surface area (Å²) in [5.41, 5.74) is 0.492. The Morgan fingerprint density at radius 3 is 2.89 bits per heavy atom. The molecule has 0 saturated heterocycles. The number of hydrogen-bond acceptors (Lipinski definition) is 5. The SMILES string of the molecule is O=c1[nH]cnc2nc(C3CC(CO)C3CO)[nH]c12. The molecule has 18 heavy (non-hydrogen) atoms. The molecule has 1 aliphatic rings. The number of aliphatic hydroxyl groups excluding tert-OH is 2. The molecule has 3 unspecified atom stereocenters. The number of aromatic nitrogens is 4. The second kappa shape index (κ2) is 4.18. The van der Waals surface area contributed by atoms with E-state index >= 15 is 0 Å². The summed E-state index contributed by atoms with van der Waals surface area (Å²) in [6.45, 7) is 0.0809. The van der Waals surface area contributed by atoms with E-state index in [9.17, 15) is 9.90 Å². The first-order chi connectivity index (χ1) is 8.74. The van der Waals surface area contributed by atoms with Crippen molar-refractivity contribution in [3.8, 4) is 0 Å². The van der Waals surface area contributed by atoms with Crippen LogP contribution in [0.2, 0.25) is 0 Å². The highest BCUT2D eigenvalue weighted by atomic mass is 16.3. The van der Waals surface area contributed by atoms with Crippen LogP contribution in [0.5, 0.6) is 0 Å². The number of nitrogens with zero attached hydrogens (tertiary/aromatic N) is 2. The average Bonchev–Trinajstić information content (AvgIpc) is 2.74. The Morgan fingerprint density at radius 2 is 2.22 bits per heavy atom. The van der Waals surface area contributed by atoms with Crippen LogP contribution in [-0.2, 0) is 0 Å². The van der Waals surface area contributed by atoms with Crippen LogP contribution in [0.4, 0.5) is 0 Å². The number of H-pyrrole nitrogens is 2. The number of hydrogen-bond donors (Lipinski definition) is 4. The predicted molar refractivity (Wildman–Crippen MR) is 63.0 cm³/mol. The van der Waals surface area contributed by atoms with Crippen LogP contribution >= 0.6 is 0 Å². The highest BCUT2D eigenvalue weighted by Crippen LogP contribution is 2.45. The Hall–Kier alpha value is -1.73. The lowest BCUT2D eigenvalue weighted by Gasteiger charge is -2.41. The van der Waals surface area contributed by atoms with Crippen LogP contribution in [0.3, 0.4) is 0 Å². The van der Waals surface area contributed by atoms with Crippen molar-refractivity contribution in [3.63, 3.8) is 0 Å². The van der Waals surface area contributed by atoms with Crippen molar-refractivity contribution in [1.29, 1.82) is 0 Å². The van der Waals surface area contributed by atoms with Crippen LogP contribution < -0.4 is 5.56 Å². The average molecular weight is 250 g/mol. The van der Waals surface area contributed by atoms with E-state index in [0.29, 0.717) is 17.0 Å². The molecule has 7 heteroatoms. The van der Waals surface area contributed by atoms with Gasteiger partial charge >= 0.3 is 0 Å². The molecule has 1 saturated carbocycles. The van der Waals surface area contributed by atoms with E-state index in [0.717, 1.165) is 6.42 Å². The van der Waals surface area contributed by atoms with Crippen molar-refractivity contribution in [2.24, 2.45) is 11.8 Å². The Bertz CT molecular complexity index is 620. The Kier molecular flexibility index (Phi) is 2.64. The molecule has 2 heterocycles. The molecule has 1 fully saturated rings. The zero-order chi connectivity index (χ0) is 12.7. The summed E-state index contributed by atoms with van der Waals surface area (Å²) in [5, 5.41) is 18.4. The molecule has 4 N–H and O–H groups in total. The van der Waals surface area contributed by atoms with Crippen molar-refractivity contribution in [3.05, 3.63) is 22.5 Å². The summed E-state index contributed by atoms with van der Waals surface area (Å²) in [7, 11) is 0. The maximum absolute atomic E-state index is 11.5. The molecule has 0 radical (unpaired) electrons. The van der Waals surface area contributed by atoms with E-state index < -0.39 is 0 Å². The van der Waals surface area contributed by atoms with Gasteiger partial charge < -0.3 is 20.2 Å². The maximum Gasteiger partial charge on any atom is 0.276 e. The lowest BCUT2D eigenvalue weighted by molar-refractivity contribution is 0.0193. The van der Waals surface area contributed by atoms with Gasteiger partial charge in [0.15, 0.2) is 11.2 Å². The number of fused-ring (bicyclic) bond motifs is 1. The molecule has 2 aromatic heterocycles. The minimum absolute atomic E-state index is 0.00496. The van der Waals surface area contributed by atoms with E-state index in [2.05, 4.69) is 19.9 Å². The van der Waals surface area contributed by atoms with Gasteiger partial charge in [-0.05, 0) is 18.3 Å². The zero-order valence-corrected chi connectivity index (χ0v) is 9.63. The molecule has 0 aromatic carbocycles. The van der Waals surface area contributed by atoms with E-state index in [1.807, 2.05) is 0 Å². The summed E-state index contributed by atoms with van der Waals surface area (Å²) in [6, 6.07) is 0. The first kappa shape index (κ1) is 11.4. The normalized spacial score (nSPS) is 27.3. The monoisotopic (exact) mass is 250 g/mol. The first-order valence-electron chi connectivity index (χ1n) is 5.89. The predicted octanol–water partition coefficient (Wildman–Crippen LogP) is -0.650. The standard InChI is InChI=1S/C11H14N4O3/c16-2-5-1-6(7(5)3-17)9-14-8-10(15-9)12-4-13-11(8)18/h4-7,16-17H,1-3H2,(H2,12,13,14,15,18). The Balaban J connectivity index is 1.96. The Labute approximate surface area is 102 Å². The number of nitrogens with one attached hydrogen (secondary N) is 2. The van der Waals surface area contributed by atoms with Crippen molar-refractivity contribution >= 4 is 11.2 Å². The number of imidazole rings is 1. The van der Waals surface area contributed by atoms with Crippen molar-refractivity contribution in [2.45, 2.75) is 12.3 Å². The second-order valence-electron chi connectivity index (χ2n) is 4.68. The summed E-state index contributed by atoms with van der Waals surface area (Å²) in [6.07, 6.45) is 2.08. The molecule has 0 spiro atoms. The summed E-state index contributed by atoms with van der Waals surface area (Å²) in [4.78, 5) is 25.2. The van der Waals surface area contributed by atoms with E-state index in [1.54, 1.807) is 0 Å². The molecule has 2 aromatic rings. The van der Waals surface area contributed by atoms with Crippen LogP contribution in [0.15, 0.2) is 11.1 Å². The molecule has 0 amide bonds. The van der Waals surface area contributed by atoms with Crippen LogP contribution in [0.25, 0.3) is 11.2 Å². The molecule has 0 bridgehead atoms. The van der Waals surface area contributed by atoms with Crippen LogP contribution in [-0.4, -0.2) is 43.4 Å². The zero-order valence-electron chi connectivity index (χ0n) is 9.63. The van der Waals surface area contributed by atoms with Crippen LogP contribution in [0.1, 0.15) is 18.2 Å². The van der Waals surface area contributed by atoms with Gasteiger partial charge in [0.05, 0.1) is 6.33 Å². The second-order valence-corrected chi connectivity index (χ2v) is 4.68. The smallest absolute Gasteiger partial charge is 0.276 e. The number of rotatable bonds is 3. The highest BCUT2D eigenvalue weighted by molar-refractivity contribution is 5.68. The van der Waals surface area contributed by atoms with E-state index in [1.165, 1.54) is 6.33 Å². The maximum atomic E-state index is 11.5. The summed E-state index contributed by atoms with van der Waals surface area (Å²) >= 11 is 0. The third-order valence-corrected chi connectivity index (χ3v) is 3.79. The largest absolute Gasteiger partial charge is 0.396 e.